The number of rotatable bonds is 6. The van der Waals surface area contributed by atoms with Gasteiger partial charge in [0, 0.05) is 39.0 Å². The van der Waals surface area contributed by atoms with Crippen LogP contribution in [-0.4, -0.2) is 47.2 Å². The number of aromatic nitrogens is 2. The first kappa shape index (κ1) is 17.4. The van der Waals surface area contributed by atoms with E-state index >= 15 is 0 Å². The van der Waals surface area contributed by atoms with Gasteiger partial charge in [-0.05, 0) is 30.5 Å². The first-order valence-electron chi connectivity index (χ1n) is 8.75. The Balaban J connectivity index is 1.41. The third-order valence-electron chi connectivity index (χ3n) is 4.43. The molecule has 0 radical (unpaired) electrons. The Bertz CT molecular complexity index is 693. The van der Waals surface area contributed by atoms with Crippen molar-refractivity contribution >= 4 is 11.9 Å². The molecule has 0 N–H and O–H groups in total. The number of hydrogen-bond donors (Lipinski definition) is 0. The number of benzene rings is 1. The Kier molecular flexibility index (Phi) is 5.63. The predicted molar refractivity (Wildman–Crippen MR) is 91.8 cm³/mol. The summed E-state index contributed by atoms with van der Waals surface area (Å²) in [5.41, 5.74) is 1.06. The fraction of sp³-hybridized carbons (Fsp3) is 0.500. The third kappa shape index (κ3) is 4.55. The van der Waals surface area contributed by atoms with Crippen LogP contribution in [0.5, 0.6) is 0 Å². The minimum Gasteiger partial charge on any atom is -0.408 e. The summed E-state index contributed by atoms with van der Waals surface area (Å²) in [5.74, 6) is 0.570. The highest BCUT2D eigenvalue weighted by Gasteiger charge is 2.23. The Labute approximate surface area is 146 Å². The van der Waals surface area contributed by atoms with Crippen LogP contribution >= 0.6 is 0 Å². The van der Waals surface area contributed by atoms with Crippen LogP contribution in [0.15, 0.2) is 28.7 Å². The minimum atomic E-state index is -0.231. The van der Waals surface area contributed by atoms with Crippen LogP contribution in [0.3, 0.4) is 0 Å². The predicted octanol–water partition coefficient (Wildman–Crippen LogP) is 2.44. The van der Waals surface area contributed by atoms with Gasteiger partial charge in [-0.1, -0.05) is 24.2 Å². The SMILES string of the molecule is CCc1nnc(N2CCN(C(=O)CCCc3ccc(F)cc3)CC2)o1. The number of carbonyl (C=O) groups excluding carboxylic acids is 1. The second-order valence-electron chi connectivity index (χ2n) is 6.18. The second kappa shape index (κ2) is 8.09. The van der Waals surface area contributed by atoms with E-state index < -0.39 is 0 Å². The zero-order chi connectivity index (χ0) is 17.6. The summed E-state index contributed by atoms with van der Waals surface area (Å²) in [7, 11) is 0. The lowest BCUT2D eigenvalue weighted by atomic mass is 10.1. The lowest BCUT2D eigenvalue weighted by Crippen LogP contribution is -2.48. The molecule has 0 bridgehead atoms. The van der Waals surface area contributed by atoms with Crippen molar-refractivity contribution in [2.24, 2.45) is 0 Å². The van der Waals surface area contributed by atoms with Gasteiger partial charge in [0.15, 0.2) is 0 Å². The zero-order valence-corrected chi connectivity index (χ0v) is 14.4. The van der Waals surface area contributed by atoms with E-state index in [0.29, 0.717) is 44.5 Å². The Morgan fingerprint density at radius 1 is 1.16 bits per heavy atom. The number of amides is 1. The van der Waals surface area contributed by atoms with Gasteiger partial charge in [0.05, 0.1) is 0 Å². The molecule has 1 aliphatic heterocycles. The van der Waals surface area contributed by atoms with Crippen molar-refractivity contribution in [2.45, 2.75) is 32.6 Å². The molecule has 7 heteroatoms. The summed E-state index contributed by atoms with van der Waals surface area (Å²) in [6.07, 6.45) is 2.79. The quantitative estimate of drug-likeness (QED) is 0.804. The topological polar surface area (TPSA) is 62.5 Å². The number of anilines is 1. The summed E-state index contributed by atoms with van der Waals surface area (Å²) in [6, 6.07) is 7.00. The van der Waals surface area contributed by atoms with Gasteiger partial charge >= 0.3 is 6.01 Å². The van der Waals surface area contributed by atoms with Gasteiger partial charge in [0.2, 0.25) is 11.8 Å². The Morgan fingerprint density at radius 3 is 2.52 bits per heavy atom. The van der Waals surface area contributed by atoms with Gasteiger partial charge in [-0.25, -0.2) is 4.39 Å². The van der Waals surface area contributed by atoms with Gasteiger partial charge in [0.25, 0.3) is 0 Å². The molecule has 1 saturated heterocycles. The van der Waals surface area contributed by atoms with Crippen molar-refractivity contribution in [3.05, 3.63) is 41.5 Å². The van der Waals surface area contributed by atoms with E-state index in [1.807, 2.05) is 16.7 Å². The fourth-order valence-electron chi connectivity index (χ4n) is 2.92. The summed E-state index contributed by atoms with van der Waals surface area (Å²) in [4.78, 5) is 16.2. The van der Waals surface area contributed by atoms with Gasteiger partial charge in [-0.15, -0.1) is 5.10 Å². The van der Waals surface area contributed by atoms with Crippen LogP contribution in [0.1, 0.15) is 31.2 Å². The summed E-state index contributed by atoms with van der Waals surface area (Å²) in [5, 5.41) is 8.03. The first-order chi connectivity index (χ1) is 12.2. The molecule has 134 valence electrons. The number of hydrogen-bond acceptors (Lipinski definition) is 5. The highest BCUT2D eigenvalue weighted by molar-refractivity contribution is 5.76. The van der Waals surface area contributed by atoms with E-state index in [1.54, 1.807) is 12.1 Å². The number of carbonyl (C=O) groups is 1. The molecule has 1 aliphatic rings. The van der Waals surface area contributed by atoms with E-state index in [-0.39, 0.29) is 11.7 Å². The lowest BCUT2D eigenvalue weighted by Gasteiger charge is -2.33. The van der Waals surface area contributed by atoms with Crippen LogP contribution in [-0.2, 0) is 17.6 Å². The molecule has 2 aromatic rings. The molecule has 0 unspecified atom stereocenters. The fourth-order valence-corrected chi connectivity index (χ4v) is 2.92. The normalized spacial score (nSPS) is 14.8. The molecule has 0 spiro atoms. The van der Waals surface area contributed by atoms with Crippen LogP contribution < -0.4 is 4.90 Å². The molecule has 1 aromatic heterocycles. The van der Waals surface area contributed by atoms with Crippen LogP contribution in [0.25, 0.3) is 0 Å². The first-order valence-corrected chi connectivity index (χ1v) is 8.75. The van der Waals surface area contributed by atoms with Crippen LogP contribution in [0.4, 0.5) is 10.4 Å². The number of halogens is 1. The van der Waals surface area contributed by atoms with E-state index in [0.717, 1.165) is 24.8 Å². The van der Waals surface area contributed by atoms with Crippen molar-refractivity contribution in [3.8, 4) is 0 Å². The number of aryl methyl sites for hydroxylation is 2. The van der Waals surface area contributed by atoms with Crippen molar-refractivity contribution < 1.29 is 13.6 Å². The maximum absolute atomic E-state index is 12.9. The maximum Gasteiger partial charge on any atom is 0.318 e. The van der Waals surface area contributed by atoms with E-state index in [1.165, 1.54) is 12.1 Å². The van der Waals surface area contributed by atoms with Crippen molar-refractivity contribution in [1.82, 2.24) is 15.1 Å². The van der Waals surface area contributed by atoms with Crippen molar-refractivity contribution in [3.63, 3.8) is 0 Å². The van der Waals surface area contributed by atoms with Gasteiger partial charge in [0.1, 0.15) is 5.82 Å². The highest BCUT2D eigenvalue weighted by atomic mass is 19.1. The maximum atomic E-state index is 12.9. The molecule has 1 amide bonds. The number of nitrogens with zero attached hydrogens (tertiary/aromatic N) is 4. The molecule has 25 heavy (non-hydrogen) atoms. The summed E-state index contributed by atoms with van der Waals surface area (Å²) < 4.78 is 18.4. The molecule has 3 rings (SSSR count). The molecule has 0 aliphatic carbocycles. The van der Waals surface area contributed by atoms with Gasteiger partial charge in [-0.3, -0.25) is 4.79 Å². The second-order valence-corrected chi connectivity index (χ2v) is 6.18. The van der Waals surface area contributed by atoms with E-state index in [4.69, 9.17) is 4.42 Å². The lowest BCUT2D eigenvalue weighted by molar-refractivity contribution is -0.131. The average molecular weight is 346 g/mol. The monoisotopic (exact) mass is 346 g/mol. The van der Waals surface area contributed by atoms with E-state index in [9.17, 15) is 9.18 Å². The molecular weight excluding hydrogens is 323 g/mol. The van der Waals surface area contributed by atoms with Crippen molar-refractivity contribution in [2.75, 3.05) is 31.1 Å². The average Bonchev–Trinajstić information content (AvgIpc) is 3.13. The minimum absolute atomic E-state index is 0.168. The van der Waals surface area contributed by atoms with Gasteiger partial charge in [-0.2, -0.15) is 0 Å². The Morgan fingerprint density at radius 2 is 1.88 bits per heavy atom. The van der Waals surface area contributed by atoms with Crippen LogP contribution in [0.2, 0.25) is 0 Å². The zero-order valence-electron chi connectivity index (χ0n) is 14.4. The molecule has 0 saturated carbocycles. The van der Waals surface area contributed by atoms with E-state index in [2.05, 4.69) is 10.2 Å². The summed E-state index contributed by atoms with van der Waals surface area (Å²) in [6.45, 7) is 4.71. The van der Waals surface area contributed by atoms with Crippen LogP contribution in [0, 0.1) is 5.82 Å². The molecule has 2 heterocycles. The Hall–Kier alpha value is -2.44. The molecule has 1 aromatic carbocycles. The molecular formula is C18H23FN4O2. The van der Waals surface area contributed by atoms with Gasteiger partial charge < -0.3 is 14.2 Å². The molecule has 0 atom stereocenters. The number of piperazine rings is 1. The van der Waals surface area contributed by atoms with Crippen molar-refractivity contribution in [1.29, 1.82) is 0 Å². The summed E-state index contributed by atoms with van der Waals surface area (Å²) >= 11 is 0. The smallest absolute Gasteiger partial charge is 0.318 e. The third-order valence-corrected chi connectivity index (χ3v) is 4.43. The standard InChI is InChI=1S/C18H23FN4O2/c1-2-16-20-21-18(25-16)23-12-10-22(11-13-23)17(24)5-3-4-14-6-8-15(19)9-7-14/h6-9H,2-5,10-13H2,1H3. The molecule has 6 nitrogen and oxygen atoms in total. The largest absolute Gasteiger partial charge is 0.408 e. The molecule has 1 fully saturated rings. The highest BCUT2D eigenvalue weighted by Crippen LogP contribution is 2.16.